The molecule has 0 saturated carbocycles. The number of hydrogen-bond donors (Lipinski definition) is 2. The fourth-order valence-corrected chi connectivity index (χ4v) is 1.38. The number of anilines is 1. The molecule has 0 heterocycles. The van der Waals surface area contributed by atoms with Crippen LogP contribution in [-0.2, 0) is 4.79 Å². The van der Waals surface area contributed by atoms with E-state index in [1.54, 1.807) is 32.3 Å². The maximum absolute atomic E-state index is 13.4. The zero-order chi connectivity index (χ0) is 12.8. The molecule has 4 nitrogen and oxygen atoms in total. The smallest absolute Gasteiger partial charge is 0.224 e. The molecule has 1 atom stereocenters. The number of hydrogen-bond acceptors (Lipinski definition) is 3. The van der Waals surface area contributed by atoms with Crippen LogP contribution in [0.2, 0.25) is 0 Å². The third-order valence-corrected chi connectivity index (χ3v) is 2.44. The number of rotatable bonds is 5. The summed E-state index contributed by atoms with van der Waals surface area (Å²) >= 11 is 0. The molecule has 0 fully saturated rings. The van der Waals surface area contributed by atoms with Gasteiger partial charge in [-0.15, -0.1) is 0 Å². The van der Waals surface area contributed by atoms with Crippen molar-refractivity contribution in [3.63, 3.8) is 0 Å². The van der Waals surface area contributed by atoms with E-state index in [2.05, 4.69) is 5.32 Å². The van der Waals surface area contributed by atoms with E-state index in [4.69, 9.17) is 5.73 Å². The summed E-state index contributed by atoms with van der Waals surface area (Å²) in [6, 6.07) is 6.07. The van der Waals surface area contributed by atoms with Crippen molar-refractivity contribution in [2.45, 2.75) is 12.5 Å². The molecule has 0 aliphatic heterocycles. The average Bonchev–Trinajstić information content (AvgIpc) is 2.30. The Morgan fingerprint density at radius 1 is 1.47 bits per heavy atom. The van der Waals surface area contributed by atoms with E-state index >= 15 is 0 Å². The van der Waals surface area contributed by atoms with Gasteiger partial charge in [0, 0.05) is 33.1 Å². The molecule has 0 radical (unpaired) electrons. The first-order valence-corrected chi connectivity index (χ1v) is 5.46. The maximum atomic E-state index is 13.4. The van der Waals surface area contributed by atoms with Crippen LogP contribution < -0.4 is 11.1 Å². The molecule has 3 N–H and O–H groups in total. The third kappa shape index (κ3) is 4.03. The Morgan fingerprint density at radius 3 is 2.65 bits per heavy atom. The molecule has 17 heavy (non-hydrogen) atoms. The van der Waals surface area contributed by atoms with Gasteiger partial charge in [-0.05, 0) is 12.1 Å². The van der Waals surface area contributed by atoms with Crippen LogP contribution in [0.3, 0.4) is 0 Å². The van der Waals surface area contributed by atoms with Gasteiger partial charge in [0.05, 0.1) is 5.69 Å². The molecule has 94 valence electrons. The van der Waals surface area contributed by atoms with Crippen molar-refractivity contribution in [3.8, 4) is 0 Å². The topological polar surface area (TPSA) is 58.4 Å². The Morgan fingerprint density at radius 2 is 2.12 bits per heavy atom. The highest BCUT2D eigenvalue weighted by Crippen LogP contribution is 2.14. The first-order chi connectivity index (χ1) is 8.04. The van der Waals surface area contributed by atoms with Crippen LogP contribution in [0.15, 0.2) is 24.3 Å². The van der Waals surface area contributed by atoms with Crippen LogP contribution in [-0.4, -0.2) is 37.5 Å². The Labute approximate surface area is 101 Å². The van der Waals surface area contributed by atoms with Gasteiger partial charge in [0.25, 0.3) is 0 Å². The Balaban J connectivity index is 2.64. The van der Waals surface area contributed by atoms with E-state index in [9.17, 15) is 9.18 Å². The zero-order valence-electron chi connectivity index (χ0n) is 10.1. The van der Waals surface area contributed by atoms with Crippen LogP contribution in [0.1, 0.15) is 6.42 Å². The first kappa shape index (κ1) is 13.4. The fourth-order valence-electron chi connectivity index (χ4n) is 1.38. The molecule has 1 aromatic carbocycles. The Bertz CT molecular complexity index is 382. The van der Waals surface area contributed by atoms with E-state index < -0.39 is 0 Å². The first-order valence-electron chi connectivity index (χ1n) is 5.46. The summed E-state index contributed by atoms with van der Waals surface area (Å²) in [7, 11) is 3.36. The molecule has 1 aromatic rings. The summed E-state index contributed by atoms with van der Waals surface area (Å²) < 4.78 is 13.4. The molecule has 1 amide bonds. The van der Waals surface area contributed by atoms with Crippen LogP contribution in [0, 0.1) is 5.82 Å². The average molecular weight is 239 g/mol. The minimum absolute atomic E-state index is 0.0377. The number of benzene rings is 1. The second kappa shape index (κ2) is 6.20. The van der Waals surface area contributed by atoms with Crippen molar-refractivity contribution in [1.82, 2.24) is 4.90 Å². The van der Waals surface area contributed by atoms with Crippen LogP contribution in [0.25, 0.3) is 0 Å². The SMILES string of the molecule is CN(C)C(=O)CC(CN)Nc1ccccc1F. The number of carbonyl (C=O) groups is 1. The normalized spacial score (nSPS) is 12.0. The largest absolute Gasteiger partial charge is 0.378 e. The number of nitrogens with one attached hydrogen (secondary N) is 1. The molecule has 0 aliphatic carbocycles. The molecule has 1 unspecified atom stereocenters. The number of nitrogens with zero attached hydrogens (tertiary/aromatic N) is 1. The van der Waals surface area contributed by atoms with E-state index in [0.29, 0.717) is 5.69 Å². The second-order valence-electron chi connectivity index (χ2n) is 4.05. The van der Waals surface area contributed by atoms with Crippen LogP contribution in [0.5, 0.6) is 0 Å². The molecule has 0 bridgehead atoms. The van der Waals surface area contributed by atoms with Gasteiger partial charge in [0.1, 0.15) is 5.82 Å². The Kier molecular flexibility index (Phi) is 4.90. The monoisotopic (exact) mass is 239 g/mol. The maximum Gasteiger partial charge on any atom is 0.224 e. The number of amides is 1. The van der Waals surface area contributed by atoms with E-state index in [0.717, 1.165) is 0 Å². The number of carbonyl (C=O) groups excluding carboxylic acids is 1. The molecule has 0 aromatic heterocycles. The fraction of sp³-hybridized carbons (Fsp3) is 0.417. The summed E-state index contributed by atoms with van der Waals surface area (Å²) in [5, 5.41) is 2.94. The van der Waals surface area contributed by atoms with Gasteiger partial charge in [-0.25, -0.2) is 4.39 Å². The lowest BCUT2D eigenvalue weighted by molar-refractivity contribution is -0.128. The van der Waals surface area contributed by atoms with E-state index in [1.807, 2.05) is 0 Å². The minimum Gasteiger partial charge on any atom is -0.378 e. The number of nitrogens with two attached hydrogens (primary N) is 1. The minimum atomic E-state index is -0.344. The van der Waals surface area contributed by atoms with Crippen molar-refractivity contribution in [2.75, 3.05) is 26.0 Å². The second-order valence-corrected chi connectivity index (χ2v) is 4.05. The lowest BCUT2D eigenvalue weighted by Gasteiger charge is -2.20. The van der Waals surface area contributed by atoms with Gasteiger partial charge in [-0.3, -0.25) is 4.79 Å². The van der Waals surface area contributed by atoms with Crippen LogP contribution >= 0.6 is 0 Å². The predicted molar refractivity (Wildman–Crippen MR) is 66.2 cm³/mol. The number of para-hydroxylation sites is 1. The van der Waals surface area contributed by atoms with Crippen molar-refractivity contribution < 1.29 is 9.18 Å². The summed E-state index contributed by atoms with van der Waals surface area (Å²) in [5.74, 6) is -0.382. The lowest BCUT2D eigenvalue weighted by Crippen LogP contribution is -2.35. The molecular weight excluding hydrogens is 221 g/mol. The van der Waals surface area contributed by atoms with Crippen molar-refractivity contribution in [3.05, 3.63) is 30.1 Å². The quantitative estimate of drug-likeness (QED) is 0.807. The van der Waals surface area contributed by atoms with Gasteiger partial charge in [0.15, 0.2) is 0 Å². The van der Waals surface area contributed by atoms with E-state index in [1.165, 1.54) is 11.0 Å². The zero-order valence-corrected chi connectivity index (χ0v) is 10.1. The van der Waals surface area contributed by atoms with Gasteiger partial charge < -0.3 is 16.0 Å². The summed E-state index contributed by atoms with van der Waals surface area (Å²) in [4.78, 5) is 13.0. The Hall–Kier alpha value is -1.62. The summed E-state index contributed by atoms with van der Waals surface area (Å²) in [5.41, 5.74) is 5.93. The summed E-state index contributed by atoms with van der Waals surface area (Å²) in [6.45, 7) is 0.272. The van der Waals surface area contributed by atoms with Crippen molar-refractivity contribution in [1.29, 1.82) is 0 Å². The van der Waals surface area contributed by atoms with Gasteiger partial charge in [-0.1, -0.05) is 12.1 Å². The third-order valence-electron chi connectivity index (χ3n) is 2.44. The molecular formula is C12H18FN3O. The van der Waals surface area contributed by atoms with Crippen molar-refractivity contribution in [2.24, 2.45) is 5.73 Å². The highest BCUT2D eigenvalue weighted by Gasteiger charge is 2.14. The molecule has 0 saturated heterocycles. The number of halogens is 1. The molecule has 1 rings (SSSR count). The predicted octanol–water partition coefficient (Wildman–Crippen LogP) is 1.04. The van der Waals surface area contributed by atoms with Crippen molar-refractivity contribution >= 4 is 11.6 Å². The molecule has 0 spiro atoms. The summed E-state index contributed by atoms with van der Waals surface area (Å²) in [6.07, 6.45) is 0.248. The lowest BCUT2D eigenvalue weighted by atomic mass is 10.1. The van der Waals surface area contributed by atoms with Gasteiger partial charge in [0.2, 0.25) is 5.91 Å². The van der Waals surface area contributed by atoms with Crippen LogP contribution in [0.4, 0.5) is 10.1 Å². The molecule has 0 aliphatic rings. The highest BCUT2D eigenvalue weighted by molar-refractivity contribution is 5.76. The molecule has 5 heteroatoms. The standard InChI is InChI=1S/C12H18FN3O/c1-16(2)12(17)7-9(8-14)15-11-6-4-3-5-10(11)13/h3-6,9,15H,7-8,14H2,1-2H3. The highest BCUT2D eigenvalue weighted by atomic mass is 19.1. The van der Waals surface area contributed by atoms with Gasteiger partial charge >= 0.3 is 0 Å². The van der Waals surface area contributed by atoms with Gasteiger partial charge in [-0.2, -0.15) is 0 Å². The van der Waals surface area contributed by atoms with E-state index in [-0.39, 0.29) is 30.7 Å².